The molecular formula is C17H22N4OS. The summed E-state index contributed by atoms with van der Waals surface area (Å²) in [6, 6.07) is 4.36. The zero-order chi connectivity index (χ0) is 15.5. The third-order valence-electron chi connectivity index (χ3n) is 4.59. The molecule has 4 heterocycles. The Kier molecular flexibility index (Phi) is 4.55. The summed E-state index contributed by atoms with van der Waals surface area (Å²) in [6.07, 6.45) is 4.01. The molecule has 2 aliphatic rings. The summed E-state index contributed by atoms with van der Waals surface area (Å²) >= 11 is 1.85. The third-order valence-corrected chi connectivity index (χ3v) is 5.53. The first kappa shape index (κ1) is 15.1. The number of anilines is 1. The molecule has 5 nitrogen and oxygen atoms in total. The lowest BCUT2D eigenvalue weighted by Gasteiger charge is -2.35. The summed E-state index contributed by atoms with van der Waals surface area (Å²) < 4.78 is 5.45. The van der Waals surface area contributed by atoms with Crippen LogP contribution in [0.1, 0.15) is 16.1 Å². The fourth-order valence-electron chi connectivity index (χ4n) is 3.17. The normalized spacial score (nSPS) is 18.9. The first-order valence-electron chi connectivity index (χ1n) is 8.31. The van der Waals surface area contributed by atoms with E-state index in [4.69, 9.17) is 9.72 Å². The summed E-state index contributed by atoms with van der Waals surface area (Å²) in [6.45, 7) is 6.80. The van der Waals surface area contributed by atoms with Crippen LogP contribution in [0.3, 0.4) is 0 Å². The van der Waals surface area contributed by atoms with Gasteiger partial charge in [0.05, 0.1) is 18.9 Å². The Balaban J connectivity index is 1.32. The van der Waals surface area contributed by atoms with Gasteiger partial charge >= 0.3 is 0 Å². The second-order valence-corrected chi connectivity index (χ2v) is 7.13. The van der Waals surface area contributed by atoms with Gasteiger partial charge in [-0.15, -0.1) is 11.3 Å². The maximum Gasteiger partial charge on any atom is 0.225 e. The van der Waals surface area contributed by atoms with E-state index < -0.39 is 0 Å². The fourth-order valence-corrected chi connectivity index (χ4v) is 3.86. The molecule has 2 aromatic heterocycles. The molecule has 122 valence electrons. The molecule has 0 radical (unpaired) electrons. The van der Waals surface area contributed by atoms with E-state index in [-0.39, 0.29) is 0 Å². The van der Waals surface area contributed by atoms with Crippen molar-refractivity contribution in [3.8, 4) is 0 Å². The number of hydrogen-bond acceptors (Lipinski definition) is 6. The molecule has 0 N–H and O–H groups in total. The average Bonchev–Trinajstić information content (AvgIpc) is 3.14. The maximum atomic E-state index is 5.45. The van der Waals surface area contributed by atoms with Gasteiger partial charge in [0.25, 0.3) is 0 Å². The quantitative estimate of drug-likeness (QED) is 0.857. The topological polar surface area (TPSA) is 41.5 Å². The van der Waals surface area contributed by atoms with E-state index in [9.17, 15) is 0 Å². The summed E-state index contributed by atoms with van der Waals surface area (Å²) in [5.74, 6) is 0.892. The van der Waals surface area contributed by atoms with Crippen molar-refractivity contribution in [2.75, 3.05) is 44.2 Å². The fraction of sp³-hybridized carbons (Fsp3) is 0.529. The van der Waals surface area contributed by atoms with Crippen LogP contribution in [0, 0.1) is 0 Å². The molecule has 2 aromatic rings. The Hall–Kier alpha value is -1.50. The largest absolute Gasteiger partial charge is 0.376 e. The number of thiophene rings is 1. The second-order valence-electron chi connectivity index (χ2n) is 6.10. The summed E-state index contributed by atoms with van der Waals surface area (Å²) in [5.41, 5.74) is 2.32. The van der Waals surface area contributed by atoms with Crippen LogP contribution in [0.2, 0.25) is 0 Å². The van der Waals surface area contributed by atoms with Crippen LogP contribution in [0.15, 0.2) is 23.7 Å². The second kappa shape index (κ2) is 6.95. The number of aromatic nitrogens is 2. The molecule has 0 atom stereocenters. The molecule has 0 unspecified atom stereocenters. The van der Waals surface area contributed by atoms with Crippen LogP contribution in [0.4, 0.5) is 5.95 Å². The Morgan fingerprint density at radius 3 is 2.96 bits per heavy atom. The molecule has 4 rings (SSSR count). The number of piperazine rings is 1. The molecule has 0 spiro atoms. The van der Waals surface area contributed by atoms with E-state index >= 15 is 0 Å². The van der Waals surface area contributed by atoms with Gasteiger partial charge in [-0.3, -0.25) is 4.90 Å². The summed E-state index contributed by atoms with van der Waals surface area (Å²) in [4.78, 5) is 15.7. The SMILES string of the molecule is c1csc(CCN2CCN(c3ncc4c(n3)CCOC4)CC2)c1. The van der Waals surface area contributed by atoms with Crippen molar-refractivity contribution in [2.45, 2.75) is 19.4 Å². The van der Waals surface area contributed by atoms with Crippen molar-refractivity contribution in [2.24, 2.45) is 0 Å². The molecule has 0 aromatic carbocycles. The van der Waals surface area contributed by atoms with Crippen molar-refractivity contribution in [1.82, 2.24) is 14.9 Å². The molecule has 0 bridgehead atoms. The van der Waals surface area contributed by atoms with Crippen molar-refractivity contribution in [3.05, 3.63) is 39.8 Å². The highest BCUT2D eigenvalue weighted by Crippen LogP contribution is 2.18. The standard InChI is InChI=1S/C17H22N4OS/c1-2-15(23-11-1)3-5-20-6-8-21(9-7-20)17-18-12-14-13-22-10-4-16(14)19-17/h1-2,11-12H,3-10,13H2. The number of ether oxygens (including phenoxy) is 1. The van der Waals surface area contributed by atoms with Crippen LogP contribution >= 0.6 is 11.3 Å². The molecule has 2 aliphatic heterocycles. The minimum absolute atomic E-state index is 0.659. The lowest BCUT2D eigenvalue weighted by molar-refractivity contribution is 0.109. The van der Waals surface area contributed by atoms with Crippen molar-refractivity contribution in [1.29, 1.82) is 0 Å². The van der Waals surface area contributed by atoms with Gasteiger partial charge in [-0.1, -0.05) is 6.07 Å². The zero-order valence-electron chi connectivity index (χ0n) is 13.3. The van der Waals surface area contributed by atoms with Gasteiger partial charge in [-0.2, -0.15) is 0 Å². The van der Waals surface area contributed by atoms with Crippen LogP contribution in [0.25, 0.3) is 0 Å². The van der Waals surface area contributed by atoms with E-state index in [1.165, 1.54) is 10.6 Å². The van der Waals surface area contributed by atoms with Gasteiger partial charge < -0.3 is 9.64 Å². The van der Waals surface area contributed by atoms with E-state index in [0.717, 1.165) is 63.7 Å². The van der Waals surface area contributed by atoms with E-state index in [1.54, 1.807) is 0 Å². The van der Waals surface area contributed by atoms with Crippen molar-refractivity contribution < 1.29 is 4.74 Å². The Bertz CT molecular complexity index is 638. The molecule has 1 saturated heterocycles. The Labute approximate surface area is 140 Å². The molecular weight excluding hydrogens is 308 g/mol. The first-order chi connectivity index (χ1) is 11.4. The minimum Gasteiger partial charge on any atom is -0.376 e. The molecule has 1 fully saturated rings. The van der Waals surface area contributed by atoms with Gasteiger partial charge in [0.1, 0.15) is 0 Å². The van der Waals surface area contributed by atoms with Gasteiger partial charge in [-0.05, 0) is 17.9 Å². The highest BCUT2D eigenvalue weighted by molar-refractivity contribution is 7.09. The molecule has 6 heteroatoms. The monoisotopic (exact) mass is 330 g/mol. The Morgan fingerprint density at radius 2 is 2.13 bits per heavy atom. The number of fused-ring (bicyclic) bond motifs is 1. The van der Waals surface area contributed by atoms with Crippen LogP contribution in [-0.4, -0.2) is 54.2 Å². The maximum absolute atomic E-state index is 5.45. The van der Waals surface area contributed by atoms with E-state index in [0.29, 0.717) is 6.61 Å². The van der Waals surface area contributed by atoms with E-state index in [2.05, 4.69) is 32.3 Å². The third kappa shape index (κ3) is 3.54. The molecule has 0 amide bonds. The van der Waals surface area contributed by atoms with Crippen LogP contribution in [0.5, 0.6) is 0 Å². The number of hydrogen-bond donors (Lipinski definition) is 0. The van der Waals surface area contributed by atoms with Crippen LogP contribution < -0.4 is 4.90 Å². The minimum atomic E-state index is 0.659. The molecule has 23 heavy (non-hydrogen) atoms. The summed E-state index contributed by atoms with van der Waals surface area (Å²) in [7, 11) is 0. The zero-order valence-corrected chi connectivity index (χ0v) is 14.1. The Morgan fingerprint density at radius 1 is 1.22 bits per heavy atom. The average molecular weight is 330 g/mol. The van der Waals surface area contributed by atoms with Crippen molar-refractivity contribution in [3.63, 3.8) is 0 Å². The van der Waals surface area contributed by atoms with Crippen molar-refractivity contribution >= 4 is 17.3 Å². The number of nitrogens with zero attached hydrogens (tertiary/aromatic N) is 4. The highest BCUT2D eigenvalue weighted by Gasteiger charge is 2.20. The van der Waals surface area contributed by atoms with Gasteiger partial charge in [0, 0.05) is 55.8 Å². The predicted octanol–water partition coefficient (Wildman–Crippen LogP) is 1.98. The number of rotatable bonds is 4. The molecule has 0 saturated carbocycles. The molecule has 0 aliphatic carbocycles. The lowest BCUT2D eigenvalue weighted by atomic mass is 10.1. The van der Waals surface area contributed by atoms with Gasteiger partial charge in [0.15, 0.2) is 0 Å². The van der Waals surface area contributed by atoms with E-state index in [1.807, 2.05) is 17.5 Å². The predicted molar refractivity (Wildman–Crippen MR) is 92.1 cm³/mol. The summed E-state index contributed by atoms with van der Waals surface area (Å²) in [5, 5.41) is 2.16. The van der Waals surface area contributed by atoms with Crippen LogP contribution in [-0.2, 0) is 24.2 Å². The highest BCUT2D eigenvalue weighted by atomic mass is 32.1. The smallest absolute Gasteiger partial charge is 0.225 e. The van der Waals surface area contributed by atoms with Gasteiger partial charge in [0.2, 0.25) is 5.95 Å². The van der Waals surface area contributed by atoms with Gasteiger partial charge in [-0.25, -0.2) is 9.97 Å². The first-order valence-corrected chi connectivity index (χ1v) is 9.19. The lowest BCUT2D eigenvalue weighted by Crippen LogP contribution is -2.47.